The van der Waals surface area contributed by atoms with Crippen LogP contribution in [0.25, 0.3) is 0 Å². The lowest BCUT2D eigenvalue weighted by atomic mass is 9.92. The molecule has 1 aromatic carbocycles. The van der Waals surface area contributed by atoms with Gasteiger partial charge in [0.05, 0.1) is 31.3 Å². The largest absolute Gasteiger partial charge is 0.508 e. The van der Waals surface area contributed by atoms with Crippen molar-refractivity contribution in [2.45, 2.75) is 188 Å². The minimum absolute atomic E-state index is 0.000211. The number of aliphatic hydroxyl groups excluding tert-OH is 1. The molecule has 0 aliphatic carbocycles. The highest BCUT2D eigenvalue weighted by molar-refractivity contribution is 7.09. The second-order valence-electron chi connectivity index (χ2n) is 21.7. The van der Waals surface area contributed by atoms with Crippen LogP contribution in [-0.2, 0) is 68.4 Å². The lowest BCUT2D eigenvalue weighted by Crippen LogP contribution is -2.59. The number of phenols is 1. The Hall–Kier alpha value is -5.75. The molecule has 2 unspecified atom stereocenters. The van der Waals surface area contributed by atoms with E-state index in [1.54, 1.807) is 19.1 Å². The summed E-state index contributed by atoms with van der Waals surface area (Å²) in [6, 6.07) is 3.71. The van der Waals surface area contributed by atoms with Gasteiger partial charge in [-0.2, -0.15) is 0 Å². The Morgan fingerprint density at radius 3 is 2.22 bits per heavy atom. The fraction of sp³-hybridized carbons (Fsp3) is 0.707. The Morgan fingerprint density at radius 1 is 0.889 bits per heavy atom. The van der Waals surface area contributed by atoms with Crippen LogP contribution in [0, 0.1) is 23.7 Å². The predicted molar refractivity (Wildman–Crippen MR) is 302 cm³/mol. The zero-order valence-electron chi connectivity index (χ0n) is 49.5. The van der Waals surface area contributed by atoms with E-state index in [9.17, 15) is 48.6 Å². The third kappa shape index (κ3) is 25.1. The van der Waals surface area contributed by atoms with Crippen molar-refractivity contribution in [3.05, 3.63) is 45.9 Å². The number of aromatic hydroxyl groups is 1. The number of aliphatic hydroxyl groups is 1. The van der Waals surface area contributed by atoms with Crippen LogP contribution in [0.5, 0.6) is 5.75 Å². The first-order chi connectivity index (χ1) is 38.5. The number of carbonyl (C=O) groups excluding carboxylic acids is 8. The number of thiazole rings is 1. The molecule has 1 saturated heterocycles. The van der Waals surface area contributed by atoms with Crippen LogP contribution < -0.4 is 16.0 Å². The van der Waals surface area contributed by atoms with Gasteiger partial charge in [-0.05, 0) is 94.0 Å². The van der Waals surface area contributed by atoms with Gasteiger partial charge in [0.25, 0.3) is 5.91 Å². The zero-order valence-corrected chi connectivity index (χ0v) is 50.3. The molecule has 456 valence electrons. The number of amides is 4. The summed E-state index contributed by atoms with van der Waals surface area (Å²) in [7, 11) is 3.30. The van der Waals surface area contributed by atoms with Gasteiger partial charge in [0.15, 0.2) is 19.1 Å². The Labute approximate surface area is 482 Å². The number of likely N-dealkylation sites (N-methyl/N-ethyl adjacent to an activating group) is 1. The standard InChI is InChI=1S/C58H92N6O16S/c1-12-38(7)53(62-55(72)46-18-14-15-26-63(46)10)57(73)64(35-78-51(70)28-36(3)4)47(37(5)6)31-48(79-40(9)66)56-61-45(34-81-56)54(71)60-42(30-41-21-23-43(67)24-22-41)29-39(8)58(74)76-27-17-25-59-49(68)19-16-20-50(69)77-33-52(75-11)80-44(13-2)32-65/h21-24,34,36-39,42,44,46-48,52-53,65,67H,12-20,25-33,35H2,1-11H3,(H,59,68)(H,60,71)(H,62,72)/t38-,39-,42+,44?,46+,47+,48+,52?,53-/m0/s1. The average molecular weight is 1160 g/mol. The van der Waals surface area contributed by atoms with E-state index in [4.69, 9.17) is 28.4 Å². The molecule has 1 fully saturated rings. The summed E-state index contributed by atoms with van der Waals surface area (Å²) in [5, 5.41) is 29.9. The van der Waals surface area contributed by atoms with Gasteiger partial charge in [-0.1, -0.05) is 80.4 Å². The summed E-state index contributed by atoms with van der Waals surface area (Å²) < 4.78 is 33.1. The van der Waals surface area contributed by atoms with Crippen molar-refractivity contribution in [1.29, 1.82) is 0 Å². The highest BCUT2D eigenvalue weighted by Gasteiger charge is 2.40. The molecular formula is C58H92N6O16S. The minimum atomic E-state index is -1.06. The smallest absolute Gasteiger partial charge is 0.308 e. The SMILES string of the molecule is CCC(CO)OC(COC(=O)CCCC(=O)NCCCOC(=O)[C@@H](C)C[C@H](Cc1ccc(O)cc1)NC(=O)c1csc([C@@H](C[C@H](C(C)C)N(COC(=O)CC(C)C)C(=O)[C@@H](NC(=O)[C@H]2CCCCN2C)[C@@H](C)CC)OC(C)=O)n1)OC. The van der Waals surface area contributed by atoms with Crippen molar-refractivity contribution in [2.24, 2.45) is 23.7 Å². The highest BCUT2D eigenvalue weighted by atomic mass is 32.1. The molecule has 23 heteroatoms. The van der Waals surface area contributed by atoms with Crippen molar-refractivity contribution in [3.63, 3.8) is 0 Å². The van der Waals surface area contributed by atoms with E-state index in [-0.39, 0.29) is 117 Å². The van der Waals surface area contributed by atoms with Crippen LogP contribution in [0.15, 0.2) is 29.6 Å². The van der Waals surface area contributed by atoms with Crippen LogP contribution >= 0.6 is 11.3 Å². The van der Waals surface area contributed by atoms with Crippen molar-refractivity contribution < 1.29 is 77.0 Å². The summed E-state index contributed by atoms with van der Waals surface area (Å²) in [5.41, 5.74) is 0.772. The maximum atomic E-state index is 15.0. The maximum Gasteiger partial charge on any atom is 0.308 e. The number of methoxy groups -OCH3 is 1. The number of rotatable bonds is 37. The first-order valence-corrected chi connectivity index (χ1v) is 29.4. The van der Waals surface area contributed by atoms with Crippen molar-refractivity contribution >= 4 is 58.8 Å². The molecule has 4 amide bonds. The molecule has 81 heavy (non-hydrogen) atoms. The van der Waals surface area contributed by atoms with Gasteiger partial charge in [0.2, 0.25) is 17.7 Å². The van der Waals surface area contributed by atoms with Gasteiger partial charge in [0, 0.05) is 63.7 Å². The van der Waals surface area contributed by atoms with Crippen LogP contribution in [0.3, 0.4) is 0 Å². The minimum Gasteiger partial charge on any atom is -0.508 e. The molecule has 0 radical (unpaired) electrons. The van der Waals surface area contributed by atoms with Gasteiger partial charge in [0.1, 0.15) is 29.1 Å². The number of ether oxygens (including phenoxy) is 6. The summed E-state index contributed by atoms with van der Waals surface area (Å²) in [6.45, 7) is 16.3. The summed E-state index contributed by atoms with van der Waals surface area (Å²) in [5.74, 6) is -5.02. The Balaban J connectivity index is 1.73. The summed E-state index contributed by atoms with van der Waals surface area (Å²) >= 11 is 1.08. The number of hydrogen-bond acceptors (Lipinski definition) is 19. The Bertz CT molecular complexity index is 2280. The average Bonchev–Trinajstić information content (AvgIpc) is 3.93. The summed E-state index contributed by atoms with van der Waals surface area (Å²) in [4.78, 5) is 115. The molecule has 5 N–H and O–H groups in total. The van der Waals surface area contributed by atoms with Gasteiger partial charge < -0.3 is 59.5 Å². The van der Waals surface area contributed by atoms with Gasteiger partial charge in [-0.25, -0.2) is 4.98 Å². The number of phenolic OH excluding ortho intramolecular Hbond substituents is 1. The Kier molecular flexibility index (Phi) is 31.5. The third-order valence-corrected chi connectivity index (χ3v) is 15.1. The van der Waals surface area contributed by atoms with Gasteiger partial charge >= 0.3 is 23.9 Å². The molecule has 1 aliphatic heterocycles. The number of esters is 4. The summed E-state index contributed by atoms with van der Waals surface area (Å²) in [6.07, 6.45) is 2.44. The first-order valence-electron chi connectivity index (χ1n) is 28.6. The number of likely N-dealkylation sites (tertiary alicyclic amines) is 1. The van der Waals surface area contributed by atoms with Crippen molar-refractivity contribution in [2.75, 3.05) is 53.8 Å². The molecule has 1 aliphatic rings. The maximum absolute atomic E-state index is 15.0. The molecule has 2 aromatic rings. The van der Waals surface area contributed by atoms with Crippen molar-refractivity contribution in [1.82, 2.24) is 30.7 Å². The zero-order chi connectivity index (χ0) is 60.2. The predicted octanol–water partition coefficient (Wildman–Crippen LogP) is 6.15. The van der Waals surface area contributed by atoms with E-state index in [0.717, 1.165) is 36.3 Å². The van der Waals surface area contributed by atoms with Crippen LogP contribution in [0.1, 0.15) is 167 Å². The number of benzene rings is 1. The lowest BCUT2D eigenvalue weighted by molar-refractivity contribution is -0.194. The second kappa shape index (κ2) is 36.7. The monoisotopic (exact) mass is 1160 g/mol. The van der Waals surface area contributed by atoms with E-state index >= 15 is 0 Å². The molecule has 3 rings (SSSR count). The van der Waals surface area contributed by atoms with Crippen LogP contribution in [-0.4, -0.2) is 163 Å². The van der Waals surface area contributed by atoms with Crippen LogP contribution in [0.2, 0.25) is 0 Å². The van der Waals surface area contributed by atoms with E-state index in [2.05, 4.69) is 20.9 Å². The molecule has 22 nitrogen and oxygen atoms in total. The number of aromatic nitrogens is 1. The molecule has 1 aromatic heterocycles. The van der Waals surface area contributed by atoms with E-state index in [1.807, 2.05) is 60.4 Å². The first kappa shape index (κ1) is 69.5. The van der Waals surface area contributed by atoms with E-state index in [0.29, 0.717) is 25.7 Å². The fourth-order valence-corrected chi connectivity index (χ4v) is 10.00. The molecule has 2 heterocycles. The molecular weight excluding hydrogens is 1070 g/mol. The van der Waals surface area contributed by atoms with E-state index < -0.39 is 91.0 Å². The molecule has 0 bridgehead atoms. The van der Waals surface area contributed by atoms with Gasteiger partial charge in [-0.3, -0.25) is 43.3 Å². The van der Waals surface area contributed by atoms with E-state index in [1.165, 1.54) is 36.4 Å². The number of hydrogen-bond donors (Lipinski definition) is 5. The number of carbonyl (C=O) groups is 8. The Morgan fingerprint density at radius 2 is 1.60 bits per heavy atom. The molecule has 9 atom stereocenters. The lowest BCUT2D eigenvalue weighted by Gasteiger charge is -2.39. The third-order valence-electron chi connectivity index (χ3n) is 14.1. The topological polar surface area (TPSA) is 288 Å². The quantitative estimate of drug-likeness (QED) is 0.0219. The number of nitrogens with zero attached hydrogens (tertiary/aromatic N) is 3. The normalized spacial score (nSPS) is 16.6. The molecule has 0 spiro atoms. The fourth-order valence-electron chi connectivity index (χ4n) is 9.16. The van der Waals surface area contributed by atoms with Crippen LogP contribution in [0.4, 0.5) is 0 Å². The van der Waals surface area contributed by atoms with Gasteiger partial charge in [-0.15, -0.1) is 11.3 Å². The number of piperidine rings is 1. The second-order valence-corrected chi connectivity index (χ2v) is 22.6. The highest BCUT2D eigenvalue weighted by Crippen LogP contribution is 2.32. The number of nitrogens with one attached hydrogen (secondary N) is 3. The molecule has 0 saturated carbocycles. The van der Waals surface area contributed by atoms with Crippen molar-refractivity contribution in [3.8, 4) is 5.75 Å².